The standard InChI is InChI=1S/C17H17F2N3O2/c1-11-20-7-6-16(21-11)24-13-3-2-8-22(10-13)17(23)12-4-5-14(18)15(19)9-12/h4-7,9,13H,2-3,8,10H2,1H3. The highest BCUT2D eigenvalue weighted by molar-refractivity contribution is 5.94. The summed E-state index contributed by atoms with van der Waals surface area (Å²) in [6.45, 7) is 2.70. The zero-order chi connectivity index (χ0) is 17.1. The Balaban J connectivity index is 1.68. The molecule has 7 heteroatoms. The van der Waals surface area contributed by atoms with Crippen molar-refractivity contribution in [2.24, 2.45) is 0 Å². The van der Waals surface area contributed by atoms with Gasteiger partial charge in [-0.2, -0.15) is 4.98 Å². The lowest BCUT2D eigenvalue weighted by atomic mass is 10.1. The normalized spacial score (nSPS) is 17.6. The number of hydrogen-bond donors (Lipinski definition) is 0. The summed E-state index contributed by atoms with van der Waals surface area (Å²) in [5, 5.41) is 0. The van der Waals surface area contributed by atoms with Crippen LogP contribution in [-0.4, -0.2) is 40.0 Å². The lowest BCUT2D eigenvalue weighted by molar-refractivity contribution is 0.0526. The van der Waals surface area contributed by atoms with E-state index < -0.39 is 11.6 Å². The first-order valence-corrected chi connectivity index (χ1v) is 7.73. The molecule has 0 aliphatic carbocycles. The van der Waals surface area contributed by atoms with Crippen molar-refractivity contribution in [3.05, 3.63) is 53.5 Å². The van der Waals surface area contributed by atoms with Crippen LogP contribution in [0.25, 0.3) is 0 Å². The molecule has 0 saturated carbocycles. The molecule has 1 aliphatic rings. The number of aryl methyl sites for hydroxylation is 1. The quantitative estimate of drug-likeness (QED) is 0.867. The van der Waals surface area contributed by atoms with E-state index in [-0.39, 0.29) is 17.6 Å². The van der Waals surface area contributed by atoms with Crippen molar-refractivity contribution in [1.29, 1.82) is 0 Å². The van der Waals surface area contributed by atoms with Gasteiger partial charge in [-0.1, -0.05) is 0 Å². The Kier molecular flexibility index (Phi) is 4.69. The molecule has 0 bridgehead atoms. The summed E-state index contributed by atoms with van der Waals surface area (Å²) in [5.74, 6) is -1.25. The number of piperidine rings is 1. The molecule has 24 heavy (non-hydrogen) atoms. The van der Waals surface area contributed by atoms with E-state index in [0.717, 1.165) is 25.0 Å². The van der Waals surface area contributed by atoms with E-state index in [1.54, 1.807) is 24.1 Å². The summed E-state index contributed by atoms with van der Waals surface area (Å²) in [5.41, 5.74) is 0.132. The highest BCUT2D eigenvalue weighted by Crippen LogP contribution is 2.19. The average molecular weight is 333 g/mol. The van der Waals surface area contributed by atoms with Gasteiger partial charge < -0.3 is 9.64 Å². The maximum absolute atomic E-state index is 13.3. The summed E-state index contributed by atoms with van der Waals surface area (Å²) in [4.78, 5) is 22.3. The molecule has 5 nitrogen and oxygen atoms in total. The van der Waals surface area contributed by atoms with Crippen molar-refractivity contribution in [2.75, 3.05) is 13.1 Å². The van der Waals surface area contributed by atoms with Gasteiger partial charge >= 0.3 is 0 Å². The minimum Gasteiger partial charge on any atom is -0.472 e. The largest absolute Gasteiger partial charge is 0.472 e. The van der Waals surface area contributed by atoms with Gasteiger partial charge in [-0.25, -0.2) is 13.8 Å². The number of amides is 1. The maximum atomic E-state index is 13.3. The van der Waals surface area contributed by atoms with Crippen LogP contribution in [0.15, 0.2) is 30.5 Å². The van der Waals surface area contributed by atoms with Crippen molar-refractivity contribution in [2.45, 2.75) is 25.9 Å². The predicted molar refractivity (Wildman–Crippen MR) is 82.7 cm³/mol. The molecule has 0 spiro atoms. The van der Waals surface area contributed by atoms with E-state index in [9.17, 15) is 13.6 Å². The van der Waals surface area contributed by atoms with Gasteiger partial charge in [-0.05, 0) is 38.0 Å². The molecule has 126 valence electrons. The number of hydrogen-bond acceptors (Lipinski definition) is 4. The minimum absolute atomic E-state index is 0.132. The Morgan fingerprint density at radius 1 is 1.29 bits per heavy atom. The third-order valence-corrected chi connectivity index (χ3v) is 3.87. The first-order valence-electron chi connectivity index (χ1n) is 7.73. The minimum atomic E-state index is -1.03. The topological polar surface area (TPSA) is 55.3 Å². The van der Waals surface area contributed by atoms with Gasteiger partial charge in [0.25, 0.3) is 5.91 Å². The van der Waals surface area contributed by atoms with Crippen LogP contribution < -0.4 is 4.74 Å². The third kappa shape index (κ3) is 3.67. The molecule has 1 amide bonds. The molecule has 3 rings (SSSR count). The smallest absolute Gasteiger partial charge is 0.254 e. The Morgan fingerprint density at radius 2 is 2.12 bits per heavy atom. The van der Waals surface area contributed by atoms with E-state index in [4.69, 9.17) is 4.74 Å². The van der Waals surface area contributed by atoms with Crippen LogP contribution in [0.5, 0.6) is 5.88 Å². The Bertz CT molecular complexity index is 754. The van der Waals surface area contributed by atoms with Gasteiger partial charge in [0.2, 0.25) is 5.88 Å². The summed E-state index contributed by atoms with van der Waals surface area (Å²) in [6, 6.07) is 4.85. The maximum Gasteiger partial charge on any atom is 0.254 e. The lowest BCUT2D eigenvalue weighted by Crippen LogP contribution is -2.44. The van der Waals surface area contributed by atoms with Crippen LogP contribution in [0, 0.1) is 18.6 Å². The summed E-state index contributed by atoms with van der Waals surface area (Å²) in [6.07, 6.45) is 2.99. The van der Waals surface area contributed by atoms with Crippen LogP contribution >= 0.6 is 0 Å². The van der Waals surface area contributed by atoms with E-state index in [1.165, 1.54) is 6.07 Å². The summed E-state index contributed by atoms with van der Waals surface area (Å²) >= 11 is 0. The van der Waals surface area contributed by atoms with E-state index >= 15 is 0 Å². The van der Waals surface area contributed by atoms with Gasteiger partial charge in [0, 0.05) is 24.4 Å². The first kappa shape index (κ1) is 16.3. The fraction of sp³-hybridized carbons (Fsp3) is 0.353. The summed E-state index contributed by atoms with van der Waals surface area (Å²) in [7, 11) is 0. The number of likely N-dealkylation sites (tertiary alicyclic amines) is 1. The monoisotopic (exact) mass is 333 g/mol. The highest BCUT2D eigenvalue weighted by Gasteiger charge is 2.26. The number of nitrogens with zero attached hydrogens (tertiary/aromatic N) is 3. The van der Waals surface area contributed by atoms with Gasteiger partial charge in [-0.15, -0.1) is 0 Å². The van der Waals surface area contributed by atoms with Crippen molar-refractivity contribution in [1.82, 2.24) is 14.9 Å². The Labute approximate surface area is 138 Å². The molecule has 2 aromatic rings. The number of benzene rings is 1. The van der Waals surface area contributed by atoms with Crippen molar-refractivity contribution >= 4 is 5.91 Å². The molecule has 0 N–H and O–H groups in total. The van der Waals surface area contributed by atoms with E-state index in [2.05, 4.69) is 9.97 Å². The van der Waals surface area contributed by atoms with Crippen molar-refractivity contribution in [3.8, 4) is 5.88 Å². The second-order valence-electron chi connectivity index (χ2n) is 5.70. The predicted octanol–water partition coefficient (Wildman–Crippen LogP) is 2.75. The Morgan fingerprint density at radius 3 is 2.88 bits per heavy atom. The summed E-state index contributed by atoms with van der Waals surface area (Å²) < 4.78 is 32.1. The van der Waals surface area contributed by atoms with E-state index in [0.29, 0.717) is 24.8 Å². The van der Waals surface area contributed by atoms with Crippen LogP contribution in [0.4, 0.5) is 8.78 Å². The molecule has 0 radical (unpaired) electrons. The molecule has 1 fully saturated rings. The number of aromatic nitrogens is 2. The van der Waals surface area contributed by atoms with Crippen LogP contribution in [0.1, 0.15) is 29.0 Å². The molecule has 1 unspecified atom stereocenters. The van der Waals surface area contributed by atoms with Crippen molar-refractivity contribution in [3.63, 3.8) is 0 Å². The Hall–Kier alpha value is -2.57. The fourth-order valence-electron chi connectivity index (χ4n) is 2.70. The molecule has 1 atom stereocenters. The SMILES string of the molecule is Cc1nccc(OC2CCCN(C(=O)c3ccc(F)c(F)c3)C2)n1. The third-order valence-electron chi connectivity index (χ3n) is 3.87. The second kappa shape index (κ2) is 6.90. The van der Waals surface area contributed by atoms with Crippen molar-refractivity contribution < 1.29 is 18.3 Å². The van der Waals surface area contributed by atoms with Crippen LogP contribution in [0.2, 0.25) is 0 Å². The molecule has 1 aromatic carbocycles. The number of rotatable bonds is 3. The van der Waals surface area contributed by atoms with E-state index in [1.807, 2.05) is 0 Å². The molecule has 2 heterocycles. The zero-order valence-corrected chi connectivity index (χ0v) is 13.2. The highest BCUT2D eigenvalue weighted by atomic mass is 19.2. The zero-order valence-electron chi connectivity index (χ0n) is 13.2. The molecule has 1 saturated heterocycles. The first-order chi connectivity index (χ1) is 11.5. The number of halogens is 2. The van der Waals surface area contributed by atoms with Crippen LogP contribution in [-0.2, 0) is 0 Å². The number of carbonyl (C=O) groups excluding carboxylic acids is 1. The van der Waals surface area contributed by atoms with Gasteiger partial charge in [0.15, 0.2) is 11.6 Å². The fourth-order valence-corrected chi connectivity index (χ4v) is 2.70. The van der Waals surface area contributed by atoms with Gasteiger partial charge in [0.1, 0.15) is 11.9 Å². The molecular formula is C17H17F2N3O2. The molecule has 1 aliphatic heterocycles. The lowest BCUT2D eigenvalue weighted by Gasteiger charge is -2.32. The average Bonchev–Trinajstić information content (AvgIpc) is 2.57. The van der Waals surface area contributed by atoms with Gasteiger partial charge in [0.05, 0.1) is 6.54 Å². The second-order valence-corrected chi connectivity index (χ2v) is 5.70. The van der Waals surface area contributed by atoms with Crippen LogP contribution in [0.3, 0.4) is 0 Å². The molecule has 1 aromatic heterocycles. The number of ether oxygens (including phenoxy) is 1. The molecular weight excluding hydrogens is 316 g/mol. The van der Waals surface area contributed by atoms with Gasteiger partial charge in [-0.3, -0.25) is 4.79 Å². The number of carbonyl (C=O) groups is 1.